The van der Waals surface area contributed by atoms with Crippen LogP contribution in [0.25, 0.3) is 0 Å². The molecule has 0 radical (unpaired) electrons. The Morgan fingerprint density at radius 2 is 2.50 bits per heavy atom. The molecule has 0 atom stereocenters. The van der Waals surface area contributed by atoms with Gasteiger partial charge in [0.05, 0.1) is 0 Å². The first-order chi connectivity index (χ1) is 5.74. The predicted molar refractivity (Wildman–Crippen MR) is 43.3 cm³/mol. The Morgan fingerprint density at radius 1 is 1.75 bits per heavy atom. The van der Waals surface area contributed by atoms with Gasteiger partial charge in [0.25, 0.3) is 0 Å². The maximum atomic E-state index is 10.8. The molecule has 1 heterocycles. The zero-order valence-corrected chi connectivity index (χ0v) is 7.28. The van der Waals surface area contributed by atoms with Crippen LogP contribution in [0, 0.1) is 0 Å². The molecule has 0 saturated heterocycles. The first-order valence-corrected chi connectivity index (χ1v) is 3.86. The van der Waals surface area contributed by atoms with Crippen molar-refractivity contribution in [3.8, 4) is 0 Å². The maximum absolute atomic E-state index is 10.8. The molecule has 0 aliphatic heterocycles. The molecule has 0 aliphatic carbocycles. The van der Waals surface area contributed by atoms with Gasteiger partial charge in [-0.1, -0.05) is 6.92 Å². The molecule has 0 aliphatic rings. The Bertz CT molecular complexity index is 268. The number of hydrogen-bond donors (Lipinski definition) is 0. The number of ether oxygens (including phenoxy) is 1. The maximum Gasteiger partial charge on any atom is 0.305 e. The highest BCUT2D eigenvalue weighted by molar-refractivity contribution is 5.68. The second-order valence-corrected chi connectivity index (χ2v) is 2.47. The van der Waals surface area contributed by atoms with Gasteiger partial charge in [-0.15, -0.1) is 0 Å². The topological polar surface area (TPSA) is 44.1 Å². The Labute approximate surface area is 71.2 Å². The van der Waals surface area contributed by atoms with Crippen molar-refractivity contribution in [2.75, 3.05) is 0 Å². The Hall–Kier alpha value is -1.32. The fraction of sp³-hybridized carbons (Fsp3) is 0.500. The quantitative estimate of drug-likeness (QED) is 0.629. The van der Waals surface area contributed by atoms with Crippen molar-refractivity contribution in [3.63, 3.8) is 0 Å². The van der Waals surface area contributed by atoms with Gasteiger partial charge in [-0.3, -0.25) is 4.79 Å². The highest BCUT2D eigenvalue weighted by atomic mass is 16.5. The largest absolute Gasteiger partial charge is 0.458 e. The molecule has 0 fully saturated rings. The van der Waals surface area contributed by atoms with E-state index < -0.39 is 0 Å². The number of aryl methyl sites for hydroxylation is 1. The molecule has 12 heavy (non-hydrogen) atoms. The van der Waals surface area contributed by atoms with Crippen LogP contribution in [0.1, 0.15) is 19.2 Å². The van der Waals surface area contributed by atoms with Gasteiger partial charge in [0, 0.05) is 25.9 Å². The number of carbonyl (C=O) groups excluding carboxylic acids is 1. The zero-order chi connectivity index (χ0) is 8.97. The molecule has 4 nitrogen and oxygen atoms in total. The van der Waals surface area contributed by atoms with E-state index in [2.05, 4.69) is 4.98 Å². The number of aromatic nitrogens is 2. The van der Waals surface area contributed by atoms with Crippen molar-refractivity contribution in [3.05, 3.63) is 18.2 Å². The SMILES string of the molecule is CCC(=O)OCc1nccn1C. The third-order valence-electron chi connectivity index (χ3n) is 1.57. The first kappa shape index (κ1) is 8.77. The van der Waals surface area contributed by atoms with Crippen LogP contribution in [-0.2, 0) is 23.2 Å². The standard InChI is InChI=1S/C8H12N2O2/c1-3-8(11)12-6-7-9-4-5-10(7)2/h4-5H,3,6H2,1-2H3. The predicted octanol–water partition coefficient (Wildman–Crippen LogP) is 0.873. The lowest BCUT2D eigenvalue weighted by Gasteiger charge is -2.02. The molecule has 0 saturated carbocycles. The van der Waals surface area contributed by atoms with Crippen LogP contribution >= 0.6 is 0 Å². The number of hydrogen-bond acceptors (Lipinski definition) is 3. The van der Waals surface area contributed by atoms with E-state index in [9.17, 15) is 4.79 Å². The van der Waals surface area contributed by atoms with Crippen molar-refractivity contribution in [2.24, 2.45) is 7.05 Å². The fourth-order valence-electron chi connectivity index (χ4n) is 0.783. The molecule has 0 N–H and O–H groups in total. The van der Waals surface area contributed by atoms with Crippen molar-refractivity contribution in [1.82, 2.24) is 9.55 Å². The minimum atomic E-state index is -0.196. The summed E-state index contributed by atoms with van der Waals surface area (Å²) in [5.74, 6) is 0.565. The van der Waals surface area contributed by atoms with E-state index in [0.717, 1.165) is 5.82 Å². The molecule has 0 aromatic carbocycles. The minimum absolute atomic E-state index is 0.196. The van der Waals surface area contributed by atoms with E-state index in [-0.39, 0.29) is 12.6 Å². The smallest absolute Gasteiger partial charge is 0.305 e. The summed E-state index contributed by atoms with van der Waals surface area (Å²) in [4.78, 5) is 14.8. The van der Waals surface area contributed by atoms with Crippen molar-refractivity contribution in [1.29, 1.82) is 0 Å². The van der Waals surface area contributed by atoms with Crippen LogP contribution < -0.4 is 0 Å². The molecule has 1 aromatic rings. The number of imidazole rings is 1. The third-order valence-corrected chi connectivity index (χ3v) is 1.57. The number of carbonyl (C=O) groups is 1. The summed E-state index contributed by atoms with van der Waals surface area (Å²) in [5, 5.41) is 0. The first-order valence-electron chi connectivity index (χ1n) is 3.86. The lowest BCUT2D eigenvalue weighted by atomic mass is 10.5. The third kappa shape index (κ3) is 2.08. The summed E-state index contributed by atoms with van der Waals surface area (Å²) in [5.41, 5.74) is 0. The van der Waals surface area contributed by atoms with E-state index in [1.54, 1.807) is 13.1 Å². The van der Waals surface area contributed by atoms with Gasteiger partial charge >= 0.3 is 5.97 Å². The van der Waals surface area contributed by atoms with Gasteiger partial charge in [0.2, 0.25) is 0 Å². The normalized spacial score (nSPS) is 9.83. The van der Waals surface area contributed by atoms with Crippen LogP contribution in [0.3, 0.4) is 0 Å². The Morgan fingerprint density at radius 3 is 3.00 bits per heavy atom. The highest BCUT2D eigenvalue weighted by Gasteiger charge is 2.02. The van der Waals surface area contributed by atoms with Gasteiger partial charge < -0.3 is 9.30 Å². The molecule has 66 valence electrons. The van der Waals surface area contributed by atoms with Crippen LogP contribution in [0.2, 0.25) is 0 Å². The monoisotopic (exact) mass is 168 g/mol. The van der Waals surface area contributed by atoms with Gasteiger partial charge in [-0.2, -0.15) is 0 Å². The van der Waals surface area contributed by atoms with Crippen molar-refractivity contribution in [2.45, 2.75) is 20.0 Å². The van der Waals surface area contributed by atoms with Crippen molar-refractivity contribution < 1.29 is 9.53 Å². The summed E-state index contributed by atoms with van der Waals surface area (Å²) in [6.07, 6.45) is 3.90. The summed E-state index contributed by atoms with van der Waals surface area (Å²) >= 11 is 0. The minimum Gasteiger partial charge on any atom is -0.458 e. The highest BCUT2D eigenvalue weighted by Crippen LogP contribution is 1.97. The van der Waals surface area contributed by atoms with Crippen LogP contribution in [0.5, 0.6) is 0 Å². The van der Waals surface area contributed by atoms with Gasteiger partial charge in [-0.05, 0) is 0 Å². The second-order valence-electron chi connectivity index (χ2n) is 2.47. The molecule has 1 aromatic heterocycles. The van der Waals surface area contributed by atoms with E-state index in [4.69, 9.17) is 4.74 Å². The lowest BCUT2D eigenvalue weighted by Crippen LogP contribution is -2.06. The molecular formula is C8H12N2O2. The molecule has 0 unspecified atom stereocenters. The Kier molecular flexibility index (Phi) is 2.85. The molecular weight excluding hydrogens is 156 g/mol. The van der Waals surface area contributed by atoms with Crippen LogP contribution in [0.4, 0.5) is 0 Å². The van der Waals surface area contributed by atoms with Crippen LogP contribution in [0.15, 0.2) is 12.4 Å². The lowest BCUT2D eigenvalue weighted by molar-refractivity contribution is -0.144. The molecule has 0 amide bonds. The van der Waals surface area contributed by atoms with E-state index in [0.29, 0.717) is 6.42 Å². The average Bonchev–Trinajstić information content (AvgIpc) is 2.47. The number of nitrogens with zero attached hydrogens (tertiary/aromatic N) is 2. The molecule has 4 heteroatoms. The fourth-order valence-corrected chi connectivity index (χ4v) is 0.783. The van der Waals surface area contributed by atoms with E-state index in [1.807, 2.05) is 17.8 Å². The zero-order valence-electron chi connectivity index (χ0n) is 7.28. The average molecular weight is 168 g/mol. The molecule has 0 bridgehead atoms. The number of rotatable bonds is 3. The van der Waals surface area contributed by atoms with Crippen molar-refractivity contribution >= 4 is 5.97 Å². The molecule has 0 spiro atoms. The summed E-state index contributed by atoms with van der Waals surface area (Å²) in [7, 11) is 1.86. The summed E-state index contributed by atoms with van der Waals surface area (Å²) in [6.45, 7) is 2.02. The van der Waals surface area contributed by atoms with Gasteiger partial charge in [-0.25, -0.2) is 4.98 Å². The second kappa shape index (κ2) is 3.90. The Balaban J connectivity index is 2.43. The van der Waals surface area contributed by atoms with Crippen LogP contribution in [-0.4, -0.2) is 15.5 Å². The summed E-state index contributed by atoms with van der Waals surface area (Å²) in [6, 6.07) is 0. The molecule has 1 rings (SSSR count). The van der Waals surface area contributed by atoms with Gasteiger partial charge in [0.1, 0.15) is 12.4 Å². The summed E-state index contributed by atoms with van der Waals surface area (Å²) < 4.78 is 6.72. The van der Waals surface area contributed by atoms with E-state index in [1.165, 1.54) is 0 Å². The van der Waals surface area contributed by atoms with E-state index >= 15 is 0 Å². The van der Waals surface area contributed by atoms with Gasteiger partial charge in [0.15, 0.2) is 0 Å². The number of esters is 1.